The summed E-state index contributed by atoms with van der Waals surface area (Å²) in [5, 5.41) is 8.93. The van der Waals surface area contributed by atoms with Crippen molar-refractivity contribution in [2.45, 2.75) is 37.8 Å². The summed E-state index contributed by atoms with van der Waals surface area (Å²) in [6, 6.07) is 13.1. The second-order valence-electron chi connectivity index (χ2n) is 6.02. The Morgan fingerprint density at radius 3 is 2.43 bits per heavy atom. The molecule has 0 spiro atoms. The first-order valence-corrected chi connectivity index (χ1v) is 9.23. The Labute approximate surface area is 137 Å². The number of fused-ring (bicyclic) bond motifs is 1. The van der Waals surface area contributed by atoms with Gasteiger partial charge in [-0.25, -0.2) is 8.42 Å². The zero-order valence-electron chi connectivity index (χ0n) is 13.2. The third-order valence-corrected chi connectivity index (χ3v) is 6.05. The highest BCUT2D eigenvalue weighted by Crippen LogP contribution is 2.29. The predicted octanol–water partition coefficient (Wildman–Crippen LogP) is 2.62. The Morgan fingerprint density at radius 2 is 1.74 bits per heavy atom. The van der Waals surface area contributed by atoms with Gasteiger partial charge >= 0.3 is 0 Å². The molecule has 1 aliphatic rings. The molecule has 1 aliphatic heterocycles. The first-order valence-electron chi connectivity index (χ1n) is 7.79. The number of aryl methyl sites for hydroxylation is 2. The lowest BCUT2D eigenvalue weighted by molar-refractivity contribution is 0.288. The molecule has 5 heteroatoms. The van der Waals surface area contributed by atoms with Gasteiger partial charge in [0.1, 0.15) is 0 Å². The van der Waals surface area contributed by atoms with E-state index in [1.807, 2.05) is 31.2 Å². The molecule has 0 fully saturated rings. The van der Waals surface area contributed by atoms with Gasteiger partial charge in [0.05, 0.1) is 4.90 Å². The molecule has 122 valence electrons. The maximum atomic E-state index is 12.8. The Bertz CT molecular complexity index is 798. The highest BCUT2D eigenvalue weighted by atomic mass is 32.2. The fraction of sp³-hybridized carbons (Fsp3) is 0.333. The standard InChI is InChI=1S/C18H21NO3S/c1-14-4-8-18(9-5-14)23(21,22)19-12-16-7-6-15(3-2-10-20)11-17(16)13-19/h4-9,11,20H,2-3,10,12-13H2,1H3. The number of aliphatic hydroxyl groups is 1. The Hall–Kier alpha value is -1.69. The molecule has 0 aromatic heterocycles. The lowest BCUT2D eigenvalue weighted by atomic mass is 10.0. The number of hydrogen-bond acceptors (Lipinski definition) is 3. The zero-order valence-corrected chi connectivity index (χ0v) is 14.0. The van der Waals surface area contributed by atoms with Crippen LogP contribution in [0.2, 0.25) is 0 Å². The van der Waals surface area contributed by atoms with E-state index < -0.39 is 10.0 Å². The van der Waals surface area contributed by atoms with Crippen molar-refractivity contribution in [1.82, 2.24) is 4.31 Å². The third-order valence-electron chi connectivity index (χ3n) is 4.25. The van der Waals surface area contributed by atoms with Gasteiger partial charge in [-0.15, -0.1) is 0 Å². The zero-order chi connectivity index (χ0) is 16.4. The summed E-state index contributed by atoms with van der Waals surface area (Å²) in [6.07, 6.45) is 1.54. The largest absolute Gasteiger partial charge is 0.396 e. The topological polar surface area (TPSA) is 57.6 Å². The average Bonchev–Trinajstić information content (AvgIpc) is 2.97. The molecule has 0 amide bonds. The molecule has 2 aromatic rings. The highest BCUT2D eigenvalue weighted by molar-refractivity contribution is 7.89. The fourth-order valence-corrected chi connectivity index (χ4v) is 4.28. The van der Waals surface area contributed by atoms with E-state index in [0.29, 0.717) is 18.0 Å². The number of nitrogens with zero attached hydrogens (tertiary/aromatic N) is 1. The summed E-state index contributed by atoms with van der Waals surface area (Å²) in [5.41, 5.74) is 4.32. The summed E-state index contributed by atoms with van der Waals surface area (Å²) < 4.78 is 27.1. The van der Waals surface area contributed by atoms with Gasteiger partial charge in [-0.2, -0.15) is 4.31 Å². The van der Waals surface area contributed by atoms with Gasteiger partial charge in [0.15, 0.2) is 0 Å². The molecule has 0 unspecified atom stereocenters. The normalized spacial score (nSPS) is 14.9. The number of benzene rings is 2. The van der Waals surface area contributed by atoms with Gasteiger partial charge in [-0.05, 0) is 48.6 Å². The molecule has 3 rings (SSSR count). The summed E-state index contributed by atoms with van der Waals surface area (Å²) in [7, 11) is -3.46. The lowest BCUT2D eigenvalue weighted by Crippen LogP contribution is -2.25. The van der Waals surface area contributed by atoms with E-state index >= 15 is 0 Å². The van der Waals surface area contributed by atoms with E-state index in [2.05, 4.69) is 6.07 Å². The molecule has 0 radical (unpaired) electrons. The Balaban J connectivity index is 1.82. The van der Waals surface area contributed by atoms with Crippen LogP contribution in [0.1, 0.15) is 28.7 Å². The molecule has 23 heavy (non-hydrogen) atoms. The van der Waals surface area contributed by atoms with Gasteiger partial charge in [-0.1, -0.05) is 35.9 Å². The molecular formula is C18H21NO3S. The van der Waals surface area contributed by atoms with Crippen molar-refractivity contribution >= 4 is 10.0 Å². The molecule has 2 aromatic carbocycles. The second kappa shape index (κ2) is 6.43. The molecule has 1 heterocycles. The van der Waals surface area contributed by atoms with Gasteiger partial charge in [0, 0.05) is 19.7 Å². The first kappa shape index (κ1) is 16.2. The van der Waals surface area contributed by atoms with Crippen LogP contribution in [0, 0.1) is 6.92 Å². The van der Waals surface area contributed by atoms with E-state index in [4.69, 9.17) is 5.11 Å². The molecule has 0 saturated heterocycles. The minimum absolute atomic E-state index is 0.172. The van der Waals surface area contributed by atoms with Crippen LogP contribution in [-0.4, -0.2) is 24.4 Å². The number of sulfonamides is 1. The quantitative estimate of drug-likeness (QED) is 0.916. The second-order valence-corrected chi connectivity index (χ2v) is 7.95. The van der Waals surface area contributed by atoms with E-state index in [-0.39, 0.29) is 6.61 Å². The average molecular weight is 331 g/mol. The van der Waals surface area contributed by atoms with Crippen molar-refractivity contribution in [2.75, 3.05) is 6.61 Å². The summed E-state index contributed by atoms with van der Waals surface area (Å²) >= 11 is 0. The number of rotatable bonds is 5. The van der Waals surface area contributed by atoms with E-state index in [0.717, 1.165) is 35.1 Å². The summed E-state index contributed by atoms with van der Waals surface area (Å²) in [5.74, 6) is 0. The van der Waals surface area contributed by atoms with Crippen LogP contribution in [-0.2, 0) is 29.5 Å². The van der Waals surface area contributed by atoms with E-state index in [1.54, 1.807) is 12.1 Å². The maximum Gasteiger partial charge on any atom is 0.243 e. The Morgan fingerprint density at radius 1 is 1.04 bits per heavy atom. The minimum Gasteiger partial charge on any atom is -0.396 e. The molecule has 0 aliphatic carbocycles. The van der Waals surface area contributed by atoms with Crippen LogP contribution in [0.5, 0.6) is 0 Å². The van der Waals surface area contributed by atoms with Crippen molar-refractivity contribution < 1.29 is 13.5 Å². The van der Waals surface area contributed by atoms with Gasteiger partial charge in [0.2, 0.25) is 10.0 Å². The highest BCUT2D eigenvalue weighted by Gasteiger charge is 2.30. The first-order chi connectivity index (χ1) is 11.0. The smallest absolute Gasteiger partial charge is 0.243 e. The van der Waals surface area contributed by atoms with Crippen LogP contribution < -0.4 is 0 Å². The maximum absolute atomic E-state index is 12.8. The van der Waals surface area contributed by atoms with Gasteiger partial charge in [-0.3, -0.25) is 0 Å². The van der Waals surface area contributed by atoms with Gasteiger partial charge in [0.25, 0.3) is 0 Å². The molecule has 0 atom stereocenters. The SMILES string of the molecule is Cc1ccc(S(=O)(=O)N2Cc3ccc(CCCO)cc3C2)cc1. The van der Waals surface area contributed by atoms with Crippen molar-refractivity contribution in [3.05, 3.63) is 64.7 Å². The molecule has 4 nitrogen and oxygen atoms in total. The monoisotopic (exact) mass is 331 g/mol. The molecule has 0 saturated carbocycles. The molecule has 0 bridgehead atoms. The van der Waals surface area contributed by atoms with Crippen LogP contribution in [0.4, 0.5) is 0 Å². The predicted molar refractivity (Wildman–Crippen MR) is 89.5 cm³/mol. The van der Waals surface area contributed by atoms with Crippen molar-refractivity contribution in [3.8, 4) is 0 Å². The van der Waals surface area contributed by atoms with Crippen LogP contribution in [0.3, 0.4) is 0 Å². The van der Waals surface area contributed by atoms with Crippen molar-refractivity contribution in [2.24, 2.45) is 0 Å². The lowest BCUT2D eigenvalue weighted by Gasteiger charge is -2.15. The van der Waals surface area contributed by atoms with Crippen LogP contribution in [0.15, 0.2) is 47.4 Å². The van der Waals surface area contributed by atoms with Crippen LogP contribution in [0.25, 0.3) is 0 Å². The van der Waals surface area contributed by atoms with Crippen molar-refractivity contribution in [3.63, 3.8) is 0 Å². The van der Waals surface area contributed by atoms with E-state index in [9.17, 15) is 8.42 Å². The summed E-state index contributed by atoms with van der Waals surface area (Å²) in [6.45, 7) is 2.95. The number of aliphatic hydroxyl groups excluding tert-OH is 1. The van der Waals surface area contributed by atoms with Gasteiger partial charge < -0.3 is 5.11 Å². The van der Waals surface area contributed by atoms with Crippen LogP contribution >= 0.6 is 0 Å². The number of hydrogen-bond donors (Lipinski definition) is 1. The van der Waals surface area contributed by atoms with Crippen molar-refractivity contribution in [1.29, 1.82) is 0 Å². The minimum atomic E-state index is -3.46. The summed E-state index contributed by atoms with van der Waals surface area (Å²) in [4.78, 5) is 0.344. The molecule has 1 N–H and O–H groups in total. The fourth-order valence-electron chi connectivity index (χ4n) is 2.88. The van der Waals surface area contributed by atoms with E-state index in [1.165, 1.54) is 4.31 Å². The Kier molecular flexibility index (Phi) is 4.53. The molecular weight excluding hydrogens is 310 g/mol. The third kappa shape index (κ3) is 3.32.